The number of H-pyrrole nitrogens is 1. The van der Waals surface area contributed by atoms with Crippen molar-refractivity contribution in [1.82, 2.24) is 29.5 Å². The van der Waals surface area contributed by atoms with E-state index in [1.54, 1.807) is 19.3 Å². The zero-order valence-corrected chi connectivity index (χ0v) is 13.5. The second-order valence-electron chi connectivity index (χ2n) is 6.35. The van der Waals surface area contributed by atoms with E-state index in [0.717, 1.165) is 18.0 Å². The maximum absolute atomic E-state index is 12.2. The smallest absolute Gasteiger partial charge is 0.328 e. The van der Waals surface area contributed by atoms with Gasteiger partial charge in [0.25, 0.3) is 0 Å². The number of rotatable bonds is 5. The van der Waals surface area contributed by atoms with Crippen molar-refractivity contribution in [3.63, 3.8) is 0 Å². The normalized spacial score (nSPS) is 14.4. The van der Waals surface area contributed by atoms with Crippen molar-refractivity contribution in [2.75, 3.05) is 5.73 Å². The number of aryl methyl sites for hydroxylation is 2. The molecule has 8 heteroatoms. The Hall–Kier alpha value is -2.77. The van der Waals surface area contributed by atoms with Crippen LogP contribution in [0.3, 0.4) is 0 Å². The molecule has 0 aliphatic heterocycles. The van der Waals surface area contributed by atoms with Crippen LogP contribution in [-0.2, 0) is 13.0 Å². The molecule has 0 atom stereocenters. The highest BCUT2D eigenvalue weighted by Crippen LogP contribution is 2.33. The average Bonchev–Trinajstić information content (AvgIpc) is 3.33. The molecule has 0 unspecified atom stereocenters. The summed E-state index contributed by atoms with van der Waals surface area (Å²) in [4.78, 5) is 32.2. The van der Waals surface area contributed by atoms with Crippen molar-refractivity contribution in [3.05, 3.63) is 40.1 Å². The van der Waals surface area contributed by atoms with Crippen LogP contribution in [0.1, 0.15) is 36.5 Å². The first-order valence-electron chi connectivity index (χ1n) is 8.12. The number of nitrogens with one attached hydrogen (secondary N) is 1. The molecule has 3 aromatic heterocycles. The topological polar surface area (TPSA) is 115 Å². The first-order valence-corrected chi connectivity index (χ1v) is 8.12. The van der Waals surface area contributed by atoms with Gasteiger partial charge in [0.15, 0.2) is 11.5 Å². The Morgan fingerprint density at radius 1 is 1.25 bits per heavy atom. The van der Waals surface area contributed by atoms with E-state index in [1.165, 1.54) is 23.8 Å². The van der Waals surface area contributed by atoms with Crippen LogP contribution in [0.5, 0.6) is 0 Å². The number of aromatic amines is 1. The first-order chi connectivity index (χ1) is 11.6. The molecule has 0 spiro atoms. The first kappa shape index (κ1) is 14.8. The van der Waals surface area contributed by atoms with Gasteiger partial charge in [0.05, 0.1) is 24.1 Å². The standard InChI is InChI=1S/C16H19N7O/c1-9-20-14(17)13-15(21-9)23(16(24)22-13)8-12-7-18-11(6-19-12)5-4-10-2-3-10/h6-7,10H,2-5,8H2,1H3,(H,22,24)(H2,17,20,21). The fraction of sp³-hybridized carbons (Fsp3) is 0.438. The van der Waals surface area contributed by atoms with E-state index in [0.29, 0.717) is 29.2 Å². The van der Waals surface area contributed by atoms with Gasteiger partial charge in [0, 0.05) is 6.20 Å². The van der Waals surface area contributed by atoms with Crippen molar-refractivity contribution in [2.24, 2.45) is 5.92 Å². The molecule has 3 N–H and O–H groups in total. The second-order valence-corrected chi connectivity index (χ2v) is 6.35. The van der Waals surface area contributed by atoms with E-state index >= 15 is 0 Å². The second kappa shape index (κ2) is 5.70. The minimum Gasteiger partial charge on any atom is -0.382 e. The summed E-state index contributed by atoms with van der Waals surface area (Å²) in [6.45, 7) is 2.04. The molecule has 0 bridgehead atoms. The van der Waals surface area contributed by atoms with Gasteiger partial charge >= 0.3 is 5.69 Å². The Morgan fingerprint density at radius 3 is 2.71 bits per heavy atom. The molecule has 1 fully saturated rings. The van der Waals surface area contributed by atoms with Gasteiger partial charge < -0.3 is 10.7 Å². The van der Waals surface area contributed by atoms with E-state index < -0.39 is 0 Å². The van der Waals surface area contributed by atoms with Gasteiger partial charge in [-0.2, -0.15) is 0 Å². The largest absolute Gasteiger partial charge is 0.382 e. The highest BCUT2D eigenvalue weighted by atomic mass is 16.1. The van der Waals surface area contributed by atoms with Crippen LogP contribution in [0.25, 0.3) is 11.2 Å². The van der Waals surface area contributed by atoms with Crippen molar-refractivity contribution in [2.45, 2.75) is 39.2 Å². The van der Waals surface area contributed by atoms with Crippen molar-refractivity contribution >= 4 is 17.0 Å². The maximum Gasteiger partial charge on any atom is 0.328 e. The lowest BCUT2D eigenvalue weighted by Gasteiger charge is -2.05. The molecule has 3 heterocycles. The van der Waals surface area contributed by atoms with Crippen LogP contribution in [0.4, 0.5) is 5.82 Å². The van der Waals surface area contributed by atoms with Crippen molar-refractivity contribution in [3.8, 4) is 0 Å². The van der Waals surface area contributed by atoms with Gasteiger partial charge in [-0.15, -0.1) is 0 Å². The monoisotopic (exact) mass is 325 g/mol. The number of hydrogen-bond donors (Lipinski definition) is 2. The van der Waals surface area contributed by atoms with Gasteiger partial charge in [0.2, 0.25) is 0 Å². The van der Waals surface area contributed by atoms with E-state index in [1.807, 2.05) is 0 Å². The SMILES string of the molecule is Cc1nc(N)c2[nH]c(=O)n(Cc3cnc(CCC4CC4)cn3)c2n1. The molecular formula is C16H19N7O. The van der Waals surface area contributed by atoms with Crippen LogP contribution in [0.15, 0.2) is 17.2 Å². The molecular weight excluding hydrogens is 306 g/mol. The third-order valence-electron chi connectivity index (χ3n) is 4.35. The van der Waals surface area contributed by atoms with Gasteiger partial charge in [-0.25, -0.2) is 14.8 Å². The van der Waals surface area contributed by atoms with Gasteiger partial charge in [-0.1, -0.05) is 12.8 Å². The molecule has 1 saturated carbocycles. The summed E-state index contributed by atoms with van der Waals surface area (Å²) in [6.07, 6.45) is 8.37. The summed E-state index contributed by atoms with van der Waals surface area (Å²) in [5, 5.41) is 0. The fourth-order valence-electron chi connectivity index (χ4n) is 2.82. The highest BCUT2D eigenvalue weighted by molar-refractivity contribution is 5.81. The molecule has 0 amide bonds. The Morgan fingerprint density at radius 2 is 2.00 bits per heavy atom. The molecule has 3 aromatic rings. The lowest BCUT2D eigenvalue weighted by Crippen LogP contribution is -2.18. The molecule has 1 aliphatic rings. The highest BCUT2D eigenvalue weighted by Gasteiger charge is 2.20. The lowest BCUT2D eigenvalue weighted by molar-refractivity contribution is 0.702. The minimum atomic E-state index is -0.281. The summed E-state index contributed by atoms with van der Waals surface area (Å²) in [5.41, 5.74) is 8.23. The van der Waals surface area contributed by atoms with Gasteiger partial charge in [-0.05, 0) is 25.7 Å². The molecule has 4 rings (SSSR count). The van der Waals surface area contributed by atoms with Crippen molar-refractivity contribution < 1.29 is 0 Å². The molecule has 124 valence electrons. The van der Waals surface area contributed by atoms with E-state index in [9.17, 15) is 4.79 Å². The number of nitrogen functional groups attached to an aromatic ring is 1. The quantitative estimate of drug-likeness (QED) is 0.728. The van der Waals surface area contributed by atoms with Gasteiger partial charge in [-0.3, -0.25) is 14.5 Å². The third-order valence-corrected chi connectivity index (χ3v) is 4.35. The molecule has 24 heavy (non-hydrogen) atoms. The summed E-state index contributed by atoms with van der Waals surface area (Å²) >= 11 is 0. The maximum atomic E-state index is 12.2. The molecule has 0 aromatic carbocycles. The summed E-state index contributed by atoms with van der Waals surface area (Å²) < 4.78 is 1.51. The molecule has 8 nitrogen and oxygen atoms in total. The molecule has 0 radical (unpaired) electrons. The zero-order valence-electron chi connectivity index (χ0n) is 13.5. The Balaban J connectivity index is 1.59. The third kappa shape index (κ3) is 2.86. The average molecular weight is 325 g/mol. The Kier molecular flexibility index (Phi) is 3.51. The van der Waals surface area contributed by atoms with Crippen LogP contribution in [0, 0.1) is 12.8 Å². The van der Waals surface area contributed by atoms with Gasteiger partial charge in [0.1, 0.15) is 11.3 Å². The van der Waals surface area contributed by atoms with Crippen LogP contribution in [-0.4, -0.2) is 29.5 Å². The van der Waals surface area contributed by atoms with E-state index in [2.05, 4.69) is 24.9 Å². The molecule has 1 aliphatic carbocycles. The number of nitrogens with two attached hydrogens (primary N) is 1. The van der Waals surface area contributed by atoms with E-state index in [-0.39, 0.29) is 11.5 Å². The van der Waals surface area contributed by atoms with E-state index in [4.69, 9.17) is 5.73 Å². The number of hydrogen-bond acceptors (Lipinski definition) is 6. The Bertz CT molecular complexity index is 937. The fourth-order valence-corrected chi connectivity index (χ4v) is 2.82. The number of anilines is 1. The number of nitrogens with zero attached hydrogens (tertiary/aromatic N) is 5. The van der Waals surface area contributed by atoms with Crippen LogP contribution in [0.2, 0.25) is 0 Å². The predicted molar refractivity (Wildman–Crippen MR) is 89.5 cm³/mol. The number of aromatic nitrogens is 6. The Labute approximate surface area is 138 Å². The van der Waals surface area contributed by atoms with Crippen molar-refractivity contribution in [1.29, 1.82) is 0 Å². The zero-order chi connectivity index (χ0) is 16.7. The lowest BCUT2D eigenvalue weighted by atomic mass is 10.2. The summed E-state index contributed by atoms with van der Waals surface area (Å²) in [6, 6.07) is 0. The summed E-state index contributed by atoms with van der Waals surface area (Å²) in [7, 11) is 0. The number of fused-ring (bicyclic) bond motifs is 1. The van der Waals surface area contributed by atoms with Crippen LogP contribution < -0.4 is 11.4 Å². The molecule has 0 saturated heterocycles. The minimum absolute atomic E-state index is 0.273. The predicted octanol–water partition coefficient (Wildman–Crippen LogP) is 1.19. The number of imidazole rings is 1. The summed E-state index contributed by atoms with van der Waals surface area (Å²) in [5.74, 6) is 1.67. The van der Waals surface area contributed by atoms with Crippen LogP contribution >= 0.6 is 0 Å².